The van der Waals surface area contributed by atoms with E-state index in [2.05, 4.69) is 55.1 Å². The highest BCUT2D eigenvalue weighted by atomic mass is 16.5. The van der Waals surface area contributed by atoms with Crippen LogP contribution in [0.1, 0.15) is 12.5 Å². The smallest absolute Gasteiger partial charge is 0.119 e. The van der Waals surface area contributed by atoms with Gasteiger partial charge >= 0.3 is 0 Å². The molecule has 0 saturated carbocycles. The number of hydrogen-bond donors (Lipinski definition) is 0. The first-order valence-corrected chi connectivity index (χ1v) is 6.79. The van der Waals surface area contributed by atoms with Gasteiger partial charge in [-0.2, -0.15) is 0 Å². The molecular formula is C17H21NO. The summed E-state index contributed by atoms with van der Waals surface area (Å²) in [5, 5.41) is 0. The van der Waals surface area contributed by atoms with Crippen LogP contribution in [0.25, 0.3) is 0 Å². The Kier molecular flexibility index (Phi) is 4.85. The number of anilines is 1. The molecule has 2 aromatic rings. The third-order valence-corrected chi connectivity index (χ3v) is 3.15. The van der Waals surface area contributed by atoms with Crippen molar-refractivity contribution in [3.8, 4) is 5.75 Å². The Morgan fingerprint density at radius 2 is 1.63 bits per heavy atom. The predicted octanol–water partition coefficient (Wildman–Crippen LogP) is 3.90. The molecule has 2 heteroatoms. The van der Waals surface area contributed by atoms with Crippen molar-refractivity contribution < 1.29 is 4.74 Å². The Hall–Kier alpha value is -1.96. The molecule has 0 radical (unpaired) electrons. The van der Waals surface area contributed by atoms with Crippen LogP contribution in [0.15, 0.2) is 54.6 Å². The average molecular weight is 255 g/mol. The van der Waals surface area contributed by atoms with Crippen molar-refractivity contribution in [3.05, 3.63) is 60.2 Å². The lowest BCUT2D eigenvalue weighted by Gasteiger charge is -2.23. The Bertz CT molecular complexity index is 478. The fourth-order valence-electron chi connectivity index (χ4n) is 2.02. The molecule has 0 aliphatic carbocycles. The SMILES string of the molecule is CCN(CCOc1ccc(C)cc1)c1ccccc1. The van der Waals surface area contributed by atoms with Gasteiger partial charge < -0.3 is 9.64 Å². The summed E-state index contributed by atoms with van der Waals surface area (Å²) < 4.78 is 5.77. The average Bonchev–Trinajstić information content (AvgIpc) is 2.46. The minimum atomic E-state index is 0.700. The minimum Gasteiger partial charge on any atom is -0.492 e. The van der Waals surface area contributed by atoms with Gasteiger partial charge in [-0.3, -0.25) is 0 Å². The summed E-state index contributed by atoms with van der Waals surface area (Å²) in [6, 6.07) is 18.6. The molecule has 100 valence electrons. The molecule has 0 bridgehead atoms. The van der Waals surface area contributed by atoms with E-state index in [9.17, 15) is 0 Å². The van der Waals surface area contributed by atoms with Crippen molar-refractivity contribution in [1.29, 1.82) is 0 Å². The molecule has 0 aromatic heterocycles. The normalized spacial score (nSPS) is 10.2. The van der Waals surface area contributed by atoms with Gasteiger partial charge in [0.2, 0.25) is 0 Å². The van der Waals surface area contributed by atoms with E-state index >= 15 is 0 Å². The summed E-state index contributed by atoms with van der Waals surface area (Å²) in [7, 11) is 0. The van der Waals surface area contributed by atoms with Gasteiger partial charge in [0, 0.05) is 12.2 Å². The standard InChI is InChI=1S/C17H21NO/c1-3-18(16-7-5-4-6-8-16)13-14-19-17-11-9-15(2)10-12-17/h4-12H,3,13-14H2,1-2H3. The highest BCUT2D eigenvalue weighted by molar-refractivity contribution is 5.45. The zero-order chi connectivity index (χ0) is 13.5. The van der Waals surface area contributed by atoms with E-state index in [1.807, 2.05) is 18.2 Å². The molecule has 0 aliphatic rings. The number of ether oxygens (including phenoxy) is 1. The zero-order valence-corrected chi connectivity index (χ0v) is 11.7. The Morgan fingerprint density at radius 1 is 0.947 bits per heavy atom. The van der Waals surface area contributed by atoms with Crippen LogP contribution in [-0.2, 0) is 0 Å². The fourth-order valence-corrected chi connectivity index (χ4v) is 2.02. The van der Waals surface area contributed by atoms with Crippen LogP contribution in [0.3, 0.4) is 0 Å². The first-order valence-electron chi connectivity index (χ1n) is 6.79. The van der Waals surface area contributed by atoms with Gasteiger partial charge in [0.05, 0.1) is 6.54 Å². The van der Waals surface area contributed by atoms with Crippen molar-refractivity contribution in [2.24, 2.45) is 0 Å². The molecule has 2 rings (SSSR count). The highest BCUT2D eigenvalue weighted by Gasteiger charge is 2.03. The van der Waals surface area contributed by atoms with E-state index < -0.39 is 0 Å². The van der Waals surface area contributed by atoms with Crippen molar-refractivity contribution in [2.75, 3.05) is 24.6 Å². The van der Waals surface area contributed by atoms with Gasteiger partial charge in [0.15, 0.2) is 0 Å². The van der Waals surface area contributed by atoms with Gasteiger partial charge in [-0.05, 0) is 38.1 Å². The van der Waals surface area contributed by atoms with Crippen molar-refractivity contribution in [1.82, 2.24) is 0 Å². The number of para-hydroxylation sites is 1. The van der Waals surface area contributed by atoms with Crippen molar-refractivity contribution >= 4 is 5.69 Å². The first-order chi connectivity index (χ1) is 9.29. The molecule has 0 amide bonds. The molecule has 19 heavy (non-hydrogen) atoms. The Labute approximate surface area is 115 Å². The molecular weight excluding hydrogens is 234 g/mol. The quantitative estimate of drug-likeness (QED) is 0.776. The maximum absolute atomic E-state index is 5.77. The summed E-state index contributed by atoms with van der Waals surface area (Å²) in [5.41, 5.74) is 2.50. The summed E-state index contributed by atoms with van der Waals surface area (Å²) in [4.78, 5) is 2.31. The Balaban J connectivity index is 1.85. The molecule has 0 unspecified atom stereocenters. The van der Waals surface area contributed by atoms with E-state index in [-0.39, 0.29) is 0 Å². The van der Waals surface area contributed by atoms with Crippen LogP contribution in [0.2, 0.25) is 0 Å². The molecule has 0 heterocycles. The number of hydrogen-bond acceptors (Lipinski definition) is 2. The maximum atomic E-state index is 5.77. The van der Waals surface area contributed by atoms with Crippen molar-refractivity contribution in [3.63, 3.8) is 0 Å². The highest BCUT2D eigenvalue weighted by Crippen LogP contribution is 2.14. The van der Waals surface area contributed by atoms with Crippen molar-refractivity contribution in [2.45, 2.75) is 13.8 Å². The largest absolute Gasteiger partial charge is 0.492 e. The molecule has 2 aromatic carbocycles. The lowest BCUT2D eigenvalue weighted by atomic mass is 10.2. The second kappa shape index (κ2) is 6.83. The maximum Gasteiger partial charge on any atom is 0.119 e. The summed E-state index contributed by atoms with van der Waals surface area (Å²) >= 11 is 0. The topological polar surface area (TPSA) is 12.5 Å². The Morgan fingerprint density at radius 3 is 2.26 bits per heavy atom. The molecule has 0 aliphatic heterocycles. The van der Waals surface area contributed by atoms with Crippen LogP contribution in [0.5, 0.6) is 5.75 Å². The zero-order valence-electron chi connectivity index (χ0n) is 11.7. The molecule has 0 spiro atoms. The van der Waals surface area contributed by atoms with Crippen LogP contribution >= 0.6 is 0 Å². The summed E-state index contributed by atoms with van der Waals surface area (Å²) in [5.74, 6) is 0.940. The van der Waals surface area contributed by atoms with Crippen LogP contribution in [-0.4, -0.2) is 19.7 Å². The van der Waals surface area contributed by atoms with Gasteiger partial charge in [-0.1, -0.05) is 35.9 Å². The number of aryl methyl sites for hydroxylation is 1. The van der Waals surface area contributed by atoms with E-state index in [1.165, 1.54) is 11.3 Å². The van der Waals surface area contributed by atoms with Gasteiger partial charge in [-0.25, -0.2) is 0 Å². The molecule has 0 atom stereocenters. The first kappa shape index (κ1) is 13.5. The number of nitrogens with zero attached hydrogens (tertiary/aromatic N) is 1. The molecule has 0 saturated heterocycles. The van der Waals surface area contributed by atoms with Crippen LogP contribution in [0, 0.1) is 6.92 Å². The third-order valence-electron chi connectivity index (χ3n) is 3.15. The number of likely N-dealkylation sites (N-methyl/N-ethyl adjacent to an activating group) is 1. The lowest BCUT2D eigenvalue weighted by Crippen LogP contribution is -2.27. The van der Waals surface area contributed by atoms with E-state index in [4.69, 9.17) is 4.74 Å². The van der Waals surface area contributed by atoms with Crippen LogP contribution < -0.4 is 9.64 Å². The summed E-state index contributed by atoms with van der Waals surface area (Å²) in [6.07, 6.45) is 0. The van der Waals surface area contributed by atoms with Crippen LogP contribution in [0.4, 0.5) is 5.69 Å². The van der Waals surface area contributed by atoms with E-state index in [1.54, 1.807) is 0 Å². The van der Waals surface area contributed by atoms with Gasteiger partial charge in [0.25, 0.3) is 0 Å². The second-order valence-corrected chi connectivity index (χ2v) is 4.58. The van der Waals surface area contributed by atoms with Gasteiger partial charge in [-0.15, -0.1) is 0 Å². The fraction of sp³-hybridized carbons (Fsp3) is 0.294. The summed E-state index contributed by atoms with van der Waals surface area (Å²) in [6.45, 7) is 6.83. The molecule has 0 fully saturated rings. The van der Waals surface area contributed by atoms with E-state index in [0.29, 0.717) is 6.61 Å². The molecule has 0 N–H and O–H groups in total. The number of benzene rings is 2. The second-order valence-electron chi connectivity index (χ2n) is 4.58. The predicted molar refractivity (Wildman–Crippen MR) is 81.0 cm³/mol. The molecule has 2 nitrogen and oxygen atoms in total. The van der Waals surface area contributed by atoms with Gasteiger partial charge in [0.1, 0.15) is 12.4 Å². The minimum absolute atomic E-state index is 0.700. The monoisotopic (exact) mass is 255 g/mol. The van der Waals surface area contributed by atoms with E-state index in [0.717, 1.165) is 18.8 Å². The lowest BCUT2D eigenvalue weighted by molar-refractivity contribution is 0.324. The third kappa shape index (κ3) is 4.02. The number of rotatable bonds is 6.